The number of likely N-dealkylation sites (tertiary alicyclic amines) is 1. The van der Waals surface area contributed by atoms with E-state index in [0.717, 1.165) is 18.7 Å². The summed E-state index contributed by atoms with van der Waals surface area (Å²) in [7, 11) is -1.00. The van der Waals surface area contributed by atoms with Crippen LogP contribution in [-0.2, 0) is 9.84 Å². The van der Waals surface area contributed by atoms with Gasteiger partial charge in [0.05, 0.1) is 10.9 Å². The minimum atomic E-state index is -3.15. The lowest BCUT2D eigenvalue weighted by Crippen LogP contribution is -2.29. The zero-order valence-corrected chi connectivity index (χ0v) is 14.3. The molecule has 1 aliphatic heterocycles. The van der Waals surface area contributed by atoms with Gasteiger partial charge in [-0.3, -0.25) is 4.90 Å². The van der Waals surface area contributed by atoms with Gasteiger partial charge in [-0.15, -0.1) is 0 Å². The number of anilines is 1. The van der Waals surface area contributed by atoms with Crippen LogP contribution in [0.15, 0.2) is 59.5 Å². The van der Waals surface area contributed by atoms with E-state index in [9.17, 15) is 8.42 Å². The molecule has 23 heavy (non-hydrogen) atoms. The van der Waals surface area contributed by atoms with Crippen LogP contribution in [-0.4, -0.2) is 39.2 Å². The molecular weight excluding hydrogens is 308 g/mol. The Morgan fingerprint density at radius 1 is 1.04 bits per heavy atom. The molecule has 0 radical (unpaired) electrons. The van der Waals surface area contributed by atoms with E-state index in [1.165, 1.54) is 11.8 Å². The van der Waals surface area contributed by atoms with Gasteiger partial charge in [0, 0.05) is 24.5 Å². The summed E-state index contributed by atoms with van der Waals surface area (Å²) in [6, 6.07) is 18.1. The molecule has 0 aliphatic carbocycles. The number of hydrogen-bond acceptors (Lipinski definition) is 4. The van der Waals surface area contributed by atoms with Gasteiger partial charge >= 0.3 is 0 Å². The fourth-order valence-electron chi connectivity index (χ4n) is 3.25. The smallest absolute Gasteiger partial charge is 0.175 e. The predicted molar refractivity (Wildman–Crippen MR) is 93.4 cm³/mol. The van der Waals surface area contributed by atoms with Crippen molar-refractivity contribution in [3.05, 3.63) is 60.2 Å². The van der Waals surface area contributed by atoms with Crippen LogP contribution in [0, 0.1) is 0 Å². The summed E-state index contributed by atoms with van der Waals surface area (Å²) in [5, 5.41) is 3.56. The summed E-state index contributed by atoms with van der Waals surface area (Å²) in [5.41, 5.74) is 2.26. The van der Waals surface area contributed by atoms with Crippen LogP contribution in [0.2, 0.25) is 0 Å². The Bertz CT molecular complexity index is 757. The van der Waals surface area contributed by atoms with Gasteiger partial charge in [-0.1, -0.05) is 30.3 Å². The van der Waals surface area contributed by atoms with E-state index >= 15 is 0 Å². The first-order valence-corrected chi connectivity index (χ1v) is 9.66. The number of hydrogen-bond donors (Lipinski definition) is 1. The van der Waals surface area contributed by atoms with Gasteiger partial charge in [-0.25, -0.2) is 8.42 Å². The normalized spacial score (nSPS) is 22.2. The molecule has 122 valence electrons. The first-order chi connectivity index (χ1) is 10.9. The molecule has 1 heterocycles. The highest BCUT2D eigenvalue weighted by Gasteiger charge is 2.32. The summed E-state index contributed by atoms with van der Waals surface area (Å²) in [4.78, 5) is 2.71. The standard InChI is InChI=1S/C18H22N2O2S/c1-20-13-12-17(18(20)14-6-4-3-5-7-14)19-15-8-10-16(11-9-15)23(2,21)22/h3-11,17-19H,12-13H2,1-2H3/t17-,18+/m1/s1. The highest BCUT2D eigenvalue weighted by atomic mass is 32.2. The lowest BCUT2D eigenvalue weighted by molar-refractivity contribution is 0.309. The van der Waals surface area contributed by atoms with Crippen LogP contribution in [0.5, 0.6) is 0 Å². The van der Waals surface area contributed by atoms with Crippen molar-refractivity contribution in [3.8, 4) is 0 Å². The number of benzene rings is 2. The van der Waals surface area contributed by atoms with Crippen molar-refractivity contribution in [1.82, 2.24) is 4.90 Å². The van der Waals surface area contributed by atoms with E-state index in [1.807, 2.05) is 18.2 Å². The van der Waals surface area contributed by atoms with Gasteiger partial charge in [-0.05, 0) is 43.3 Å². The van der Waals surface area contributed by atoms with Crippen LogP contribution in [0.3, 0.4) is 0 Å². The highest BCUT2D eigenvalue weighted by Crippen LogP contribution is 2.33. The molecule has 3 rings (SSSR count). The lowest BCUT2D eigenvalue weighted by atomic mass is 10.00. The Morgan fingerprint density at radius 2 is 1.70 bits per heavy atom. The molecular formula is C18H22N2O2S. The van der Waals surface area contributed by atoms with Crippen molar-refractivity contribution < 1.29 is 8.42 Å². The minimum absolute atomic E-state index is 0.312. The quantitative estimate of drug-likeness (QED) is 0.936. The van der Waals surface area contributed by atoms with Gasteiger partial charge in [-0.2, -0.15) is 0 Å². The topological polar surface area (TPSA) is 49.4 Å². The van der Waals surface area contributed by atoms with Gasteiger partial charge < -0.3 is 5.32 Å². The van der Waals surface area contributed by atoms with E-state index in [1.54, 1.807) is 12.1 Å². The SMILES string of the molecule is CN1CC[C@@H](Nc2ccc(S(C)(=O)=O)cc2)[C@@H]1c1ccccc1. The molecule has 2 aromatic carbocycles. The maximum absolute atomic E-state index is 11.5. The Balaban J connectivity index is 1.79. The van der Waals surface area contributed by atoms with E-state index < -0.39 is 9.84 Å². The number of nitrogens with one attached hydrogen (secondary N) is 1. The van der Waals surface area contributed by atoms with Crippen molar-refractivity contribution in [2.24, 2.45) is 0 Å². The van der Waals surface area contributed by atoms with Crippen LogP contribution in [0.1, 0.15) is 18.0 Å². The molecule has 0 bridgehead atoms. The summed E-state index contributed by atoms with van der Waals surface area (Å²) < 4.78 is 23.1. The van der Waals surface area contributed by atoms with Crippen LogP contribution in [0.25, 0.3) is 0 Å². The summed E-state index contributed by atoms with van der Waals surface area (Å²) in [5.74, 6) is 0. The average molecular weight is 330 g/mol. The molecule has 2 aromatic rings. The summed E-state index contributed by atoms with van der Waals surface area (Å²) in [6.45, 7) is 1.04. The predicted octanol–water partition coefficient (Wildman–Crippen LogP) is 2.95. The molecule has 1 aliphatic rings. The molecule has 1 fully saturated rings. The van der Waals surface area contributed by atoms with Crippen molar-refractivity contribution in [2.45, 2.75) is 23.4 Å². The number of rotatable bonds is 4. The fourth-order valence-corrected chi connectivity index (χ4v) is 3.88. The third-order valence-corrected chi connectivity index (χ3v) is 5.55. The minimum Gasteiger partial charge on any atom is -0.380 e. The zero-order chi connectivity index (χ0) is 16.4. The van der Waals surface area contributed by atoms with Crippen LogP contribution in [0.4, 0.5) is 5.69 Å². The third kappa shape index (κ3) is 3.57. The third-order valence-electron chi connectivity index (χ3n) is 4.42. The number of nitrogens with zero attached hydrogens (tertiary/aromatic N) is 1. The van der Waals surface area contributed by atoms with E-state index in [0.29, 0.717) is 17.0 Å². The van der Waals surface area contributed by atoms with Crippen molar-refractivity contribution in [3.63, 3.8) is 0 Å². The molecule has 0 aromatic heterocycles. The second-order valence-electron chi connectivity index (χ2n) is 6.17. The van der Waals surface area contributed by atoms with Gasteiger partial charge in [0.25, 0.3) is 0 Å². The largest absolute Gasteiger partial charge is 0.380 e. The molecule has 1 N–H and O–H groups in total. The molecule has 0 spiro atoms. The van der Waals surface area contributed by atoms with E-state index in [2.05, 4.69) is 41.5 Å². The first kappa shape index (κ1) is 16.0. The number of sulfone groups is 1. The fraction of sp³-hybridized carbons (Fsp3) is 0.333. The second-order valence-corrected chi connectivity index (χ2v) is 8.19. The van der Waals surface area contributed by atoms with Crippen molar-refractivity contribution in [2.75, 3.05) is 25.2 Å². The Hall–Kier alpha value is -1.85. The molecule has 1 saturated heterocycles. The molecule has 5 heteroatoms. The maximum atomic E-state index is 11.5. The summed E-state index contributed by atoms with van der Waals surface area (Å²) >= 11 is 0. The average Bonchev–Trinajstić information content (AvgIpc) is 2.88. The van der Waals surface area contributed by atoms with Crippen molar-refractivity contribution in [1.29, 1.82) is 0 Å². The zero-order valence-electron chi connectivity index (χ0n) is 13.4. The molecule has 2 atom stereocenters. The molecule has 0 unspecified atom stereocenters. The maximum Gasteiger partial charge on any atom is 0.175 e. The van der Waals surface area contributed by atoms with Gasteiger partial charge in [0.1, 0.15) is 0 Å². The lowest BCUT2D eigenvalue weighted by Gasteiger charge is -2.27. The van der Waals surface area contributed by atoms with E-state index in [4.69, 9.17) is 0 Å². The monoisotopic (exact) mass is 330 g/mol. The van der Waals surface area contributed by atoms with E-state index in [-0.39, 0.29) is 0 Å². The Morgan fingerprint density at radius 3 is 2.30 bits per heavy atom. The molecule has 0 saturated carbocycles. The van der Waals surface area contributed by atoms with Crippen LogP contribution < -0.4 is 5.32 Å². The van der Waals surface area contributed by atoms with Gasteiger partial charge in [0.2, 0.25) is 0 Å². The van der Waals surface area contributed by atoms with Gasteiger partial charge in [0.15, 0.2) is 9.84 Å². The first-order valence-electron chi connectivity index (χ1n) is 7.77. The second kappa shape index (κ2) is 6.34. The number of likely N-dealkylation sites (N-methyl/N-ethyl adjacent to an activating group) is 1. The Kier molecular flexibility index (Phi) is 4.41. The van der Waals surface area contributed by atoms with Crippen LogP contribution >= 0.6 is 0 Å². The highest BCUT2D eigenvalue weighted by molar-refractivity contribution is 7.90. The van der Waals surface area contributed by atoms with Crippen molar-refractivity contribution >= 4 is 15.5 Å². The molecule has 0 amide bonds. The summed E-state index contributed by atoms with van der Waals surface area (Å²) in [6.07, 6.45) is 2.29. The Labute approximate surface area is 138 Å². The molecule has 4 nitrogen and oxygen atoms in total.